The van der Waals surface area contributed by atoms with Crippen molar-refractivity contribution >= 4 is 32.8 Å². The summed E-state index contributed by atoms with van der Waals surface area (Å²) in [7, 11) is 0. The first kappa shape index (κ1) is 45.8. The number of aryl methyl sites for hydroxylation is 1. The van der Waals surface area contributed by atoms with Crippen molar-refractivity contribution < 1.29 is 24.1 Å². The Kier molecular flexibility index (Phi) is 11.3. The van der Waals surface area contributed by atoms with Crippen LogP contribution in [0, 0.1) is 34.2 Å². The van der Waals surface area contributed by atoms with Crippen molar-refractivity contribution in [1.82, 2.24) is 18.7 Å². The van der Waals surface area contributed by atoms with E-state index < -0.39 is 0 Å². The van der Waals surface area contributed by atoms with E-state index in [1.54, 1.807) is 0 Å². The number of aromatic nitrogens is 4. The summed E-state index contributed by atoms with van der Waals surface area (Å²) in [5.41, 5.74) is 19.1. The zero-order valence-electron chi connectivity index (χ0n) is 41.8. The third-order valence-corrected chi connectivity index (χ3v) is 15.9. The van der Waals surface area contributed by atoms with Crippen LogP contribution in [-0.4, -0.2) is 18.7 Å². The van der Waals surface area contributed by atoms with E-state index in [0.717, 1.165) is 77.7 Å². The molecule has 6 heteroatoms. The van der Waals surface area contributed by atoms with Gasteiger partial charge in [-0.1, -0.05) is 57.2 Å². The second kappa shape index (κ2) is 17.8. The normalized spacial score (nSPS) is 13.9. The van der Waals surface area contributed by atoms with E-state index >= 15 is 0 Å². The molecular formula is C66H56N4OPt-2. The Hall–Kier alpha value is -7.33. The summed E-state index contributed by atoms with van der Waals surface area (Å²) < 4.78 is 14.8. The van der Waals surface area contributed by atoms with E-state index in [1.807, 2.05) is 18.3 Å². The van der Waals surface area contributed by atoms with E-state index in [9.17, 15) is 0 Å². The average Bonchev–Trinajstić information content (AvgIpc) is 4.06. The molecule has 0 spiro atoms. The van der Waals surface area contributed by atoms with Crippen LogP contribution in [0.4, 0.5) is 0 Å². The number of pyridine rings is 1. The second-order valence-corrected chi connectivity index (χ2v) is 22.5. The molecule has 8 aromatic carbocycles. The van der Waals surface area contributed by atoms with Crippen molar-refractivity contribution in [3.05, 3.63) is 220 Å². The summed E-state index contributed by atoms with van der Waals surface area (Å²) in [4.78, 5) is 5.11. The summed E-state index contributed by atoms with van der Waals surface area (Å²) in [6.45, 7) is 16.1. The number of rotatable bonds is 8. The fourth-order valence-electron chi connectivity index (χ4n) is 11.0. The fraction of sp³-hybridized carbons (Fsp3) is 0.182. The van der Waals surface area contributed by atoms with E-state index in [1.165, 1.54) is 44.6 Å². The van der Waals surface area contributed by atoms with Crippen LogP contribution >= 0.6 is 0 Å². The quantitative estimate of drug-likeness (QED) is 0.142. The molecule has 1 aliphatic carbocycles. The molecule has 358 valence electrons. The Bertz CT molecular complexity index is 3940. The van der Waals surface area contributed by atoms with Gasteiger partial charge in [-0.3, -0.25) is 0 Å². The van der Waals surface area contributed by atoms with Crippen molar-refractivity contribution in [2.24, 2.45) is 11.3 Å². The predicted molar refractivity (Wildman–Crippen MR) is 292 cm³/mol. The maximum absolute atomic E-state index is 6.79. The molecule has 0 aliphatic heterocycles. The van der Waals surface area contributed by atoms with Gasteiger partial charge in [0.25, 0.3) is 0 Å². The van der Waals surface area contributed by atoms with Crippen LogP contribution < -0.4 is 4.74 Å². The van der Waals surface area contributed by atoms with E-state index in [0.29, 0.717) is 17.4 Å². The maximum atomic E-state index is 6.79. The molecule has 3 heterocycles. The van der Waals surface area contributed by atoms with Gasteiger partial charge in [-0.25, -0.2) is 0 Å². The van der Waals surface area contributed by atoms with Gasteiger partial charge in [-0.05, 0) is 29.0 Å². The minimum Gasteiger partial charge on any atom is -0.0579 e. The Morgan fingerprint density at radius 2 is 1.21 bits per heavy atom. The van der Waals surface area contributed by atoms with E-state index in [4.69, 9.17) is 9.72 Å². The molecule has 0 amide bonds. The molecule has 1 atom stereocenters. The van der Waals surface area contributed by atoms with Crippen LogP contribution in [0.1, 0.15) is 63.8 Å². The molecule has 0 saturated heterocycles. The zero-order valence-corrected chi connectivity index (χ0v) is 44.1. The summed E-state index contributed by atoms with van der Waals surface area (Å²) >= 11 is 2.54. The topological polar surface area (TPSA) is 36.9 Å². The van der Waals surface area contributed by atoms with Crippen LogP contribution in [0.2, 0.25) is 0 Å². The second-order valence-electron chi connectivity index (χ2n) is 21.5. The summed E-state index contributed by atoms with van der Waals surface area (Å²) in [6, 6.07) is 70.5. The summed E-state index contributed by atoms with van der Waals surface area (Å²) in [5, 5.41) is 2.22. The van der Waals surface area contributed by atoms with E-state index in [2.05, 4.69) is 257 Å². The van der Waals surface area contributed by atoms with Gasteiger partial charge < -0.3 is 0 Å². The Morgan fingerprint density at radius 3 is 1.90 bits per heavy atom. The number of ether oxygens (including phenoxy) is 1. The summed E-state index contributed by atoms with van der Waals surface area (Å²) in [6.07, 6.45) is 4.10. The molecule has 1 aliphatic rings. The Balaban J connectivity index is 0.968. The van der Waals surface area contributed by atoms with Gasteiger partial charge in [0.05, 0.1) is 0 Å². The van der Waals surface area contributed by atoms with Crippen molar-refractivity contribution in [2.45, 2.75) is 66.7 Å². The van der Waals surface area contributed by atoms with Gasteiger partial charge >= 0.3 is 338 Å². The van der Waals surface area contributed by atoms with Gasteiger partial charge in [0.15, 0.2) is 0 Å². The standard InChI is InChI=1S/C66H56N4O.Pt/c1-43-35-62(67-41-57(43)45-29-31-48(32-30-45)65(2,3)4)70-58-26-15-14-25-53(58)54-34-33-52(40-61(54)70)71-51-24-18-23-50(39-51)68-42-69(60-28-17-16-27-59(60)68)64-56(44-19-10-8-11-20-44)37-47-36-49(66(5,6)7)38-55(47)63(64)46-21-12-9-13-22-46;/h8-35,37,41,49H,36,38H2,1-7H3;/q-2;. The van der Waals surface area contributed by atoms with Crippen LogP contribution in [0.5, 0.6) is 11.5 Å². The Morgan fingerprint density at radius 1 is 0.569 bits per heavy atom. The molecule has 0 N–H and O–H groups in total. The van der Waals surface area contributed by atoms with Gasteiger partial charge in [-0.2, -0.15) is 0 Å². The average molecular weight is 1120 g/mol. The van der Waals surface area contributed by atoms with Crippen molar-refractivity contribution in [2.75, 3.05) is 0 Å². The number of imidazole rings is 1. The Labute approximate surface area is 433 Å². The van der Waals surface area contributed by atoms with Gasteiger partial charge in [-0.15, -0.1) is 0 Å². The first-order valence-electron chi connectivity index (χ1n) is 25.0. The number of hydrogen-bond acceptors (Lipinski definition) is 2. The SMILES string of the molecule is Cc1cc(-n2c3[c-]c(Oc4[c-]c(-n5[c](=[Pt])n(-c6c(-c7ccccc7)cc7c(c6-c6ccccc6)CC(C(C)(C)C)C7)c6ccccc65)ccc4)ccc3c3ccccc32)ncc1-c1ccc(C(C)(C)C)cc1. The smallest absolute Gasteiger partial charge is 0.0579 e. The molecule has 11 aromatic rings. The first-order chi connectivity index (χ1) is 34.8. The molecule has 0 bridgehead atoms. The number of fused-ring (bicyclic) bond motifs is 5. The minimum atomic E-state index is 0.0900. The molecule has 0 fully saturated rings. The van der Waals surface area contributed by atoms with Crippen molar-refractivity contribution in [1.29, 1.82) is 0 Å². The monoisotopic (exact) mass is 1120 g/mol. The molecule has 0 radical (unpaired) electrons. The molecule has 12 rings (SSSR count). The first-order valence-corrected chi connectivity index (χ1v) is 26.2. The van der Waals surface area contributed by atoms with Crippen LogP contribution in [-0.2, 0) is 37.6 Å². The van der Waals surface area contributed by atoms with Crippen molar-refractivity contribution in [3.8, 4) is 62.1 Å². The zero-order chi connectivity index (χ0) is 49.5. The molecule has 5 nitrogen and oxygen atoms in total. The van der Waals surface area contributed by atoms with Crippen LogP contribution in [0.3, 0.4) is 0 Å². The minimum absolute atomic E-state index is 0.0900. The molecule has 1 unspecified atom stereocenters. The number of benzene rings is 8. The third-order valence-electron chi connectivity index (χ3n) is 14.9. The number of hydrogen-bond donors (Lipinski definition) is 0. The van der Waals surface area contributed by atoms with Gasteiger partial charge in [0.2, 0.25) is 0 Å². The van der Waals surface area contributed by atoms with E-state index in [-0.39, 0.29) is 10.8 Å². The molecular weight excluding hydrogens is 1060 g/mol. The third kappa shape index (κ3) is 7.99. The number of nitrogens with zero attached hydrogens (tertiary/aromatic N) is 4. The van der Waals surface area contributed by atoms with Crippen molar-refractivity contribution in [3.63, 3.8) is 0 Å². The fourth-order valence-corrected chi connectivity index (χ4v) is 12.0. The molecule has 0 saturated carbocycles. The summed E-state index contributed by atoms with van der Waals surface area (Å²) in [5.74, 6) is 2.57. The van der Waals surface area contributed by atoms with Gasteiger partial charge in [0, 0.05) is 11.8 Å². The van der Waals surface area contributed by atoms with Crippen LogP contribution in [0.25, 0.3) is 83.4 Å². The molecule has 3 aromatic heterocycles. The van der Waals surface area contributed by atoms with Crippen LogP contribution in [0.15, 0.2) is 182 Å². The predicted octanol–water partition coefficient (Wildman–Crippen LogP) is 16.8. The van der Waals surface area contributed by atoms with Gasteiger partial charge in [0.1, 0.15) is 0 Å². The number of para-hydroxylation sites is 3. The molecule has 72 heavy (non-hydrogen) atoms.